The van der Waals surface area contributed by atoms with Crippen LogP contribution in [0.2, 0.25) is 0 Å². The largest absolute Gasteiger partial charge is 0.508 e. The second-order valence-electron chi connectivity index (χ2n) is 13.6. The Kier molecular flexibility index (Phi) is 15.0. The zero-order valence-corrected chi connectivity index (χ0v) is 29.8. The molecule has 52 heavy (non-hydrogen) atoms. The number of ether oxygens (including phenoxy) is 3. The van der Waals surface area contributed by atoms with Gasteiger partial charge in [0, 0.05) is 36.1 Å². The normalized spacial score (nSPS) is 15.1. The highest BCUT2D eigenvalue weighted by molar-refractivity contribution is 5.91. The molecule has 0 bridgehead atoms. The van der Waals surface area contributed by atoms with Crippen LogP contribution in [0, 0.1) is 0 Å². The van der Waals surface area contributed by atoms with Gasteiger partial charge in [-0.25, -0.2) is 4.79 Å². The molecular weight excluding hydrogens is 672 g/mol. The van der Waals surface area contributed by atoms with Crippen molar-refractivity contribution in [3.05, 3.63) is 53.1 Å². The molecule has 7 N–H and O–H groups in total. The molecule has 0 saturated heterocycles. The first-order valence-corrected chi connectivity index (χ1v) is 18.4. The van der Waals surface area contributed by atoms with Crippen LogP contribution in [-0.4, -0.2) is 53.8 Å². The SMILES string of the molecule is CCCCCCCCCCCCCCCCCC(=O)Oc1cc(C(=O)O[C@@H]2Cc3c(O)cc(O)cc3O[C@@H]2c2cc(O)c(O)c(O)c2)cc(O)c1O. The van der Waals surface area contributed by atoms with E-state index < -0.39 is 58.6 Å². The Hall–Kier alpha value is -5.00. The number of benzene rings is 3. The predicted molar refractivity (Wildman–Crippen MR) is 192 cm³/mol. The molecule has 0 saturated carbocycles. The Morgan fingerprint density at radius 2 is 1.19 bits per heavy atom. The van der Waals surface area contributed by atoms with Gasteiger partial charge in [0.2, 0.25) is 5.75 Å². The minimum absolute atomic E-state index is 0.0485. The quantitative estimate of drug-likeness (QED) is 0.0253. The molecular formula is C40H52O12. The Labute approximate surface area is 304 Å². The number of carbonyl (C=O) groups excluding carboxylic acids is 2. The van der Waals surface area contributed by atoms with Crippen LogP contribution in [0.1, 0.15) is 137 Å². The molecule has 0 aliphatic carbocycles. The molecule has 1 aliphatic rings. The zero-order chi connectivity index (χ0) is 37.6. The molecule has 0 unspecified atom stereocenters. The van der Waals surface area contributed by atoms with Crippen molar-refractivity contribution in [1.82, 2.24) is 0 Å². The molecule has 0 aromatic heterocycles. The number of phenols is 7. The summed E-state index contributed by atoms with van der Waals surface area (Å²) in [6.45, 7) is 2.24. The van der Waals surface area contributed by atoms with Crippen molar-refractivity contribution >= 4 is 11.9 Å². The summed E-state index contributed by atoms with van der Waals surface area (Å²) in [7, 11) is 0. The maximum absolute atomic E-state index is 13.4. The molecule has 0 spiro atoms. The number of hydrogen-bond donors (Lipinski definition) is 7. The van der Waals surface area contributed by atoms with E-state index in [1.54, 1.807) is 0 Å². The number of carbonyl (C=O) groups is 2. The van der Waals surface area contributed by atoms with Gasteiger partial charge < -0.3 is 50.0 Å². The molecule has 0 radical (unpaired) electrons. The van der Waals surface area contributed by atoms with Crippen LogP contribution >= 0.6 is 0 Å². The van der Waals surface area contributed by atoms with Crippen LogP contribution in [0.5, 0.6) is 51.7 Å². The van der Waals surface area contributed by atoms with Gasteiger partial charge in [0.25, 0.3) is 0 Å². The van der Waals surface area contributed by atoms with Crippen molar-refractivity contribution in [1.29, 1.82) is 0 Å². The molecule has 12 nitrogen and oxygen atoms in total. The Morgan fingerprint density at radius 3 is 1.77 bits per heavy atom. The van der Waals surface area contributed by atoms with Crippen molar-refractivity contribution < 1.29 is 59.5 Å². The van der Waals surface area contributed by atoms with Gasteiger partial charge in [-0.1, -0.05) is 96.8 Å². The fourth-order valence-corrected chi connectivity index (χ4v) is 6.43. The van der Waals surface area contributed by atoms with Gasteiger partial charge in [0.05, 0.1) is 5.56 Å². The number of fused-ring (bicyclic) bond motifs is 1. The first-order valence-electron chi connectivity index (χ1n) is 18.4. The van der Waals surface area contributed by atoms with Gasteiger partial charge in [0.15, 0.2) is 34.9 Å². The number of esters is 2. The lowest BCUT2D eigenvalue weighted by molar-refractivity contribution is -0.134. The summed E-state index contributed by atoms with van der Waals surface area (Å²) >= 11 is 0. The lowest BCUT2D eigenvalue weighted by Crippen LogP contribution is -2.34. The lowest BCUT2D eigenvalue weighted by Gasteiger charge is -2.34. The van der Waals surface area contributed by atoms with E-state index in [9.17, 15) is 45.3 Å². The summed E-state index contributed by atoms with van der Waals surface area (Å²) in [6, 6.07) is 6.50. The van der Waals surface area contributed by atoms with E-state index >= 15 is 0 Å². The van der Waals surface area contributed by atoms with Gasteiger partial charge in [0.1, 0.15) is 23.4 Å². The summed E-state index contributed by atoms with van der Waals surface area (Å²) in [6.07, 6.45) is 15.3. The number of rotatable bonds is 20. The Balaban J connectivity index is 1.29. The second-order valence-corrected chi connectivity index (χ2v) is 13.6. The summed E-state index contributed by atoms with van der Waals surface area (Å²) in [5, 5.41) is 71.3. The summed E-state index contributed by atoms with van der Waals surface area (Å²) in [5.74, 6) is -6.26. The maximum Gasteiger partial charge on any atom is 0.338 e. The highest BCUT2D eigenvalue weighted by atomic mass is 16.6. The highest BCUT2D eigenvalue weighted by Gasteiger charge is 2.37. The average molecular weight is 725 g/mol. The average Bonchev–Trinajstić information content (AvgIpc) is 3.10. The van der Waals surface area contributed by atoms with Crippen LogP contribution in [0.15, 0.2) is 36.4 Å². The van der Waals surface area contributed by atoms with Crippen molar-refractivity contribution in [3.8, 4) is 51.7 Å². The van der Waals surface area contributed by atoms with Crippen molar-refractivity contribution in [3.63, 3.8) is 0 Å². The molecule has 12 heteroatoms. The minimum atomic E-state index is -1.22. The van der Waals surface area contributed by atoms with Gasteiger partial charge in [-0.2, -0.15) is 0 Å². The molecule has 2 atom stereocenters. The highest BCUT2D eigenvalue weighted by Crippen LogP contribution is 2.46. The molecule has 0 amide bonds. The third-order valence-corrected chi connectivity index (χ3v) is 9.34. The maximum atomic E-state index is 13.4. The molecule has 284 valence electrons. The summed E-state index contributed by atoms with van der Waals surface area (Å²) in [4.78, 5) is 26.0. The molecule has 3 aromatic carbocycles. The molecule has 4 rings (SSSR count). The standard InChI is InChI=1S/C40H52O12/c1-2-3-4-5-6-7-8-9-10-11-12-13-14-15-16-17-36(46)50-34-21-26(20-32(45)38(34)48)40(49)52-35-24-28-29(42)22-27(41)23-33(28)51-39(35)25-18-30(43)37(47)31(44)19-25/h18-23,35,39,41-45,47-48H,2-17,24H2,1H3/t35-,39-/m1/s1. The summed E-state index contributed by atoms with van der Waals surface area (Å²) < 4.78 is 17.0. The van der Waals surface area contributed by atoms with Crippen molar-refractivity contribution in [2.75, 3.05) is 0 Å². The fourth-order valence-electron chi connectivity index (χ4n) is 6.43. The lowest BCUT2D eigenvalue weighted by atomic mass is 9.93. The zero-order valence-electron chi connectivity index (χ0n) is 29.8. The van der Waals surface area contributed by atoms with E-state index in [0.717, 1.165) is 49.6 Å². The molecule has 1 aliphatic heterocycles. The van der Waals surface area contributed by atoms with Crippen LogP contribution < -0.4 is 9.47 Å². The monoisotopic (exact) mass is 724 g/mol. The third-order valence-electron chi connectivity index (χ3n) is 9.34. The topological polar surface area (TPSA) is 203 Å². The second kappa shape index (κ2) is 19.6. The van der Waals surface area contributed by atoms with E-state index in [-0.39, 0.29) is 46.8 Å². The van der Waals surface area contributed by atoms with Crippen LogP contribution in [-0.2, 0) is 16.0 Å². The Morgan fingerprint density at radius 1 is 0.654 bits per heavy atom. The van der Waals surface area contributed by atoms with Gasteiger partial charge in [-0.3, -0.25) is 4.79 Å². The van der Waals surface area contributed by atoms with Gasteiger partial charge in [-0.15, -0.1) is 0 Å². The van der Waals surface area contributed by atoms with Crippen molar-refractivity contribution in [2.24, 2.45) is 0 Å². The Bertz CT molecular complexity index is 1630. The van der Waals surface area contributed by atoms with E-state index in [0.29, 0.717) is 6.42 Å². The van der Waals surface area contributed by atoms with Crippen LogP contribution in [0.3, 0.4) is 0 Å². The first-order chi connectivity index (χ1) is 25.0. The number of hydrogen-bond acceptors (Lipinski definition) is 12. The fraction of sp³-hybridized carbons (Fsp3) is 0.500. The smallest absolute Gasteiger partial charge is 0.338 e. The summed E-state index contributed by atoms with van der Waals surface area (Å²) in [5.41, 5.74) is 0.00283. The van der Waals surface area contributed by atoms with E-state index in [2.05, 4.69) is 6.92 Å². The molecule has 3 aromatic rings. The molecule has 1 heterocycles. The van der Waals surface area contributed by atoms with Gasteiger partial charge in [-0.05, 0) is 30.7 Å². The van der Waals surface area contributed by atoms with Crippen LogP contribution in [0.25, 0.3) is 0 Å². The van der Waals surface area contributed by atoms with E-state index in [4.69, 9.17) is 14.2 Å². The molecule has 0 fully saturated rings. The van der Waals surface area contributed by atoms with Crippen molar-refractivity contribution in [2.45, 2.75) is 128 Å². The number of aromatic hydroxyl groups is 7. The van der Waals surface area contributed by atoms with Crippen LogP contribution in [0.4, 0.5) is 0 Å². The first kappa shape index (κ1) is 39.8. The minimum Gasteiger partial charge on any atom is -0.508 e. The number of unbranched alkanes of at least 4 members (excludes halogenated alkanes) is 14. The van der Waals surface area contributed by atoms with E-state index in [1.807, 2.05) is 0 Å². The van der Waals surface area contributed by atoms with E-state index in [1.165, 1.54) is 76.7 Å². The predicted octanol–water partition coefficient (Wildman–Crippen LogP) is 8.69. The van der Waals surface area contributed by atoms with Gasteiger partial charge >= 0.3 is 11.9 Å². The third kappa shape index (κ3) is 11.2. The number of phenolic OH excluding ortho intramolecular Hbond substituents is 7.